The molecular weight excluding hydrogens is 190 g/mol. The van der Waals surface area contributed by atoms with Crippen molar-refractivity contribution in [2.75, 3.05) is 33.0 Å². The van der Waals surface area contributed by atoms with E-state index in [1.807, 2.05) is 0 Å². The van der Waals surface area contributed by atoms with Crippen molar-refractivity contribution in [3.8, 4) is 0 Å². The predicted octanol–water partition coefficient (Wildman–Crippen LogP) is 1.56. The van der Waals surface area contributed by atoms with Crippen LogP contribution in [0.25, 0.3) is 0 Å². The maximum Gasteiger partial charge on any atom is 0.0523 e. The van der Waals surface area contributed by atoms with Crippen LogP contribution in [0.1, 0.15) is 32.1 Å². The highest BCUT2D eigenvalue weighted by Crippen LogP contribution is 2.48. The lowest BCUT2D eigenvalue weighted by molar-refractivity contribution is 0.00754. The summed E-state index contributed by atoms with van der Waals surface area (Å²) in [6.07, 6.45) is 6.12. The fourth-order valence-electron chi connectivity index (χ4n) is 2.30. The van der Waals surface area contributed by atoms with Gasteiger partial charge in [-0.15, -0.1) is 0 Å². The van der Waals surface area contributed by atoms with Gasteiger partial charge in [-0.1, -0.05) is 0 Å². The van der Waals surface area contributed by atoms with Crippen LogP contribution in [-0.2, 0) is 9.47 Å². The zero-order valence-corrected chi connectivity index (χ0v) is 9.54. The van der Waals surface area contributed by atoms with Crippen LogP contribution in [0.5, 0.6) is 0 Å². The molecule has 1 heterocycles. The Hall–Kier alpha value is -0.120. The summed E-state index contributed by atoms with van der Waals surface area (Å²) >= 11 is 0. The van der Waals surface area contributed by atoms with Crippen LogP contribution in [0.4, 0.5) is 0 Å². The van der Waals surface area contributed by atoms with Gasteiger partial charge in [-0.05, 0) is 50.0 Å². The molecule has 88 valence electrons. The summed E-state index contributed by atoms with van der Waals surface area (Å²) in [4.78, 5) is 0. The molecule has 2 aliphatic rings. The fraction of sp³-hybridized carbons (Fsp3) is 1.00. The van der Waals surface area contributed by atoms with Crippen LogP contribution in [0.2, 0.25) is 0 Å². The molecule has 1 saturated heterocycles. The standard InChI is InChI=1S/C12H23NO2/c13-6-5-12(3-4-12)10-15-9-11-1-7-14-8-2-11/h11H,1-10,13H2. The molecule has 0 atom stereocenters. The predicted molar refractivity (Wildman–Crippen MR) is 59.7 cm³/mol. The Morgan fingerprint density at radius 1 is 1.27 bits per heavy atom. The lowest BCUT2D eigenvalue weighted by atomic mass is 10.0. The van der Waals surface area contributed by atoms with E-state index in [-0.39, 0.29) is 0 Å². The highest BCUT2D eigenvalue weighted by Gasteiger charge is 2.41. The first-order chi connectivity index (χ1) is 7.35. The van der Waals surface area contributed by atoms with Crippen molar-refractivity contribution < 1.29 is 9.47 Å². The third-order valence-electron chi connectivity index (χ3n) is 3.73. The van der Waals surface area contributed by atoms with Gasteiger partial charge in [0.05, 0.1) is 6.61 Å². The van der Waals surface area contributed by atoms with Crippen molar-refractivity contribution in [2.24, 2.45) is 17.1 Å². The molecule has 0 aromatic rings. The Morgan fingerprint density at radius 3 is 2.60 bits per heavy atom. The van der Waals surface area contributed by atoms with E-state index in [4.69, 9.17) is 15.2 Å². The van der Waals surface area contributed by atoms with Crippen LogP contribution < -0.4 is 5.73 Å². The van der Waals surface area contributed by atoms with E-state index in [0.29, 0.717) is 5.41 Å². The first kappa shape index (κ1) is 11.4. The van der Waals surface area contributed by atoms with Crippen LogP contribution in [0, 0.1) is 11.3 Å². The largest absolute Gasteiger partial charge is 0.381 e. The van der Waals surface area contributed by atoms with Crippen molar-refractivity contribution >= 4 is 0 Å². The van der Waals surface area contributed by atoms with Gasteiger partial charge in [0.2, 0.25) is 0 Å². The van der Waals surface area contributed by atoms with E-state index in [9.17, 15) is 0 Å². The van der Waals surface area contributed by atoms with Gasteiger partial charge in [-0.3, -0.25) is 0 Å². The highest BCUT2D eigenvalue weighted by molar-refractivity contribution is 4.93. The molecule has 15 heavy (non-hydrogen) atoms. The van der Waals surface area contributed by atoms with Crippen molar-refractivity contribution in [3.05, 3.63) is 0 Å². The summed E-state index contributed by atoms with van der Waals surface area (Å²) in [5.41, 5.74) is 6.07. The normalized spacial score (nSPS) is 25.4. The number of nitrogens with two attached hydrogens (primary N) is 1. The summed E-state index contributed by atoms with van der Waals surface area (Å²) in [6.45, 7) is 4.50. The Kier molecular flexibility index (Phi) is 4.00. The van der Waals surface area contributed by atoms with Gasteiger partial charge in [-0.2, -0.15) is 0 Å². The number of hydrogen-bond acceptors (Lipinski definition) is 3. The van der Waals surface area contributed by atoms with Crippen LogP contribution in [0.15, 0.2) is 0 Å². The Balaban J connectivity index is 1.58. The molecule has 1 saturated carbocycles. The average Bonchev–Trinajstić information content (AvgIpc) is 3.00. The lowest BCUT2D eigenvalue weighted by Crippen LogP contribution is -2.23. The smallest absolute Gasteiger partial charge is 0.0523 e. The Morgan fingerprint density at radius 2 is 2.00 bits per heavy atom. The Labute approximate surface area is 92.3 Å². The first-order valence-corrected chi connectivity index (χ1v) is 6.20. The van der Waals surface area contributed by atoms with Crippen molar-refractivity contribution in [2.45, 2.75) is 32.1 Å². The first-order valence-electron chi connectivity index (χ1n) is 6.20. The second kappa shape index (κ2) is 5.28. The minimum absolute atomic E-state index is 0.472. The van der Waals surface area contributed by atoms with E-state index >= 15 is 0 Å². The molecule has 3 heteroatoms. The Bertz CT molecular complexity index is 186. The lowest BCUT2D eigenvalue weighted by Gasteiger charge is -2.23. The maximum atomic E-state index is 5.84. The van der Waals surface area contributed by atoms with E-state index < -0.39 is 0 Å². The second-order valence-electron chi connectivity index (χ2n) is 5.11. The van der Waals surface area contributed by atoms with Crippen LogP contribution >= 0.6 is 0 Å². The van der Waals surface area contributed by atoms with Gasteiger partial charge in [0, 0.05) is 19.8 Å². The van der Waals surface area contributed by atoms with Gasteiger partial charge in [0.15, 0.2) is 0 Å². The molecule has 0 bridgehead atoms. The number of hydrogen-bond donors (Lipinski definition) is 1. The topological polar surface area (TPSA) is 44.5 Å². The van der Waals surface area contributed by atoms with E-state index in [1.165, 1.54) is 25.7 Å². The molecule has 2 fully saturated rings. The minimum atomic E-state index is 0.472. The third-order valence-corrected chi connectivity index (χ3v) is 3.73. The fourth-order valence-corrected chi connectivity index (χ4v) is 2.30. The number of rotatable bonds is 6. The zero-order chi connectivity index (χ0) is 10.6. The summed E-state index contributed by atoms with van der Waals surface area (Å²) in [5, 5.41) is 0. The van der Waals surface area contributed by atoms with Crippen molar-refractivity contribution in [3.63, 3.8) is 0 Å². The molecule has 3 nitrogen and oxygen atoms in total. The van der Waals surface area contributed by atoms with Gasteiger partial charge >= 0.3 is 0 Å². The van der Waals surface area contributed by atoms with E-state index in [0.717, 1.165) is 45.3 Å². The van der Waals surface area contributed by atoms with E-state index in [2.05, 4.69) is 0 Å². The molecule has 0 radical (unpaired) electrons. The molecule has 1 aliphatic carbocycles. The second-order valence-corrected chi connectivity index (χ2v) is 5.11. The molecule has 0 unspecified atom stereocenters. The average molecular weight is 213 g/mol. The summed E-state index contributed by atoms with van der Waals surface area (Å²) in [5.74, 6) is 0.729. The van der Waals surface area contributed by atoms with Gasteiger partial charge in [0.1, 0.15) is 0 Å². The van der Waals surface area contributed by atoms with E-state index in [1.54, 1.807) is 0 Å². The summed E-state index contributed by atoms with van der Waals surface area (Å²) in [6, 6.07) is 0. The maximum absolute atomic E-state index is 5.84. The minimum Gasteiger partial charge on any atom is -0.381 e. The van der Waals surface area contributed by atoms with Crippen molar-refractivity contribution in [1.82, 2.24) is 0 Å². The van der Waals surface area contributed by atoms with Crippen LogP contribution in [-0.4, -0.2) is 33.0 Å². The van der Waals surface area contributed by atoms with Crippen LogP contribution in [0.3, 0.4) is 0 Å². The molecule has 0 aromatic heterocycles. The molecule has 0 aromatic carbocycles. The third kappa shape index (κ3) is 3.44. The molecule has 0 amide bonds. The molecular formula is C12H23NO2. The SMILES string of the molecule is NCCC1(COCC2CCOCC2)CC1. The van der Waals surface area contributed by atoms with Gasteiger partial charge < -0.3 is 15.2 Å². The van der Waals surface area contributed by atoms with Crippen molar-refractivity contribution in [1.29, 1.82) is 0 Å². The summed E-state index contributed by atoms with van der Waals surface area (Å²) in [7, 11) is 0. The summed E-state index contributed by atoms with van der Waals surface area (Å²) < 4.78 is 11.2. The molecule has 2 rings (SSSR count). The molecule has 0 spiro atoms. The van der Waals surface area contributed by atoms with Gasteiger partial charge in [-0.25, -0.2) is 0 Å². The quantitative estimate of drug-likeness (QED) is 0.728. The van der Waals surface area contributed by atoms with Gasteiger partial charge in [0.25, 0.3) is 0 Å². The highest BCUT2D eigenvalue weighted by atomic mass is 16.5. The molecule has 1 aliphatic heterocycles. The zero-order valence-electron chi connectivity index (χ0n) is 9.54. The monoisotopic (exact) mass is 213 g/mol. The number of ether oxygens (including phenoxy) is 2. The molecule has 2 N–H and O–H groups in total.